The number of aryl methyl sites for hydroxylation is 1. The highest BCUT2D eigenvalue weighted by atomic mass is 16.2. The van der Waals surface area contributed by atoms with Crippen molar-refractivity contribution in [3.8, 4) is 0 Å². The fourth-order valence-corrected chi connectivity index (χ4v) is 3.39. The molecule has 4 rings (SSSR count). The van der Waals surface area contributed by atoms with Crippen molar-refractivity contribution in [1.82, 2.24) is 20.0 Å². The fraction of sp³-hybridized carbons (Fsp3) is 0.278. The number of hydrogen-bond donors (Lipinski definition) is 3. The lowest BCUT2D eigenvalue weighted by atomic mass is 10.0. The van der Waals surface area contributed by atoms with Gasteiger partial charge in [-0.3, -0.25) is 34.1 Å². The molecular weight excluding hydrogens is 364 g/mol. The number of carbonyl (C=O) groups is 4. The lowest BCUT2D eigenvalue weighted by Crippen LogP contribution is -2.54. The minimum absolute atomic E-state index is 0.0895. The fourth-order valence-electron chi connectivity index (χ4n) is 3.39. The molecule has 1 atom stereocenters. The van der Waals surface area contributed by atoms with Crippen LogP contribution in [0.3, 0.4) is 0 Å². The van der Waals surface area contributed by atoms with Crippen LogP contribution in [0.25, 0.3) is 0 Å². The van der Waals surface area contributed by atoms with Gasteiger partial charge in [0.15, 0.2) is 0 Å². The van der Waals surface area contributed by atoms with E-state index in [-0.39, 0.29) is 24.0 Å². The molecule has 1 saturated heterocycles. The molecule has 3 heterocycles. The zero-order valence-corrected chi connectivity index (χ0v) is 15.1. The number of nitrogens with one attached hydrogen (secondary N) is 2. The molecule has 1 unspecified atom stereocenters. The molecule has 144 valence electrons. The highest BCUT2D eigenvalue weighted by molar-refractivity contribution is 6.23. The first-order valence-electron chi connectivity index (χ1n) is 8.73. The van der Waals surface area contributed by atoms with E-state index < -0.39 is 29.7 Å². The Morgan fingerprint density at radius 3 is 2.61 bits per heavy atom. The third-order valence-electron chi connectivity index (χ3n) is 4.89. The van der Waals surface area contributed by atoms with Gasteiger partial charge in [-0.05, 0) is 24.1 Å². The normalized spacial score (nSPS) is 19.0. The van der Waals surface area contributed by atoms with Gasteiger partial charge >= 0.3 is 0 Å². The van der Waals surface area contributed by atoms with Gasteiger partial charge < -0.3 is 11.1 Å². The number of rotatable bonds is 4. The highest BCUT2D eigenvalue weighted by Gasteiger charge is 2.44. The van der Waals surface area contributed by atoms with Gasteiger partial charge in [0, 0.05) is 26.1 Å². The standard InChI is InChI=1S/C18H18N6O4/c1-23-13(19)7-14(22-23)20-8-9-2-3-10-11(6-9)18(28)24(17(10)27)12-4-5-15(25)21-16(12)26/h2-3,6-7,12H,4-5,8,19H2,1H3,(H,20,22)(H,21,25,26). The van der Waals surface area contributed by atoms with E-state index in [1.807, 2.05) is 0 Å². The number of aromatic nitrogens is 2. The second-order valence-electron chi connectivity index (χ2n) is 6.76. The van der Waals surface area contributed by atoms with Crippen molar-refractivity contribution < 1.29 is 19.2 Å². The third kappa shape index (κ3) is 2.88. The quantitative estimate of drug-likeness (QED) is 0.633. The highest BCUT2D eigenvalue weighted by Crippen LogP contribution is 2.28. The second-order valence-corrected chi connectivity index (χ2v) is 6.76. The molecule has 1 fully saturated rings. The van der Waals surface area contributed by atoms with Gasteiger partial charge in [0.05, 0.1) is 11.1 Å². The van der Waals surface area contributed by atoms with E-state index >= 15 is 0 Å². The Labute approximate surface area is 159 Å². The summed E-state index contributed by atoms with van der Waals surface area (Å²) in [5, 5.41) is 9.47. The van der Waals surface area contributed by atoms with Crippen molar-refractivity contribution in [3.05, 3.63) is 41.0 Å². The summed E-state index contributed by atoms with van der Waals surface area (Å²) < 4.78 is 1.53. The van der Waals surface area contributed by atoms with Gasteiger partial charge in [0.1, 0.15) is 17.7 Å². The van der Waals surface area contributed by atoms with Crippen molar-refractivity contribution >= 4 is 35.3 Å². The number of nitrogen functional groups attached to an aromatic ring is 1. The zero-order valence-electron chi connectivity index (χ0n) is 15.1. The number of nitrogens with two attached hydrogens (primary N) is 1. The van der Waals surface area contributed by atoms with Crippen molar-refractivity contribution in [2.24, 2.45) is 7.05 Å². The predicted molar refractivity (Wildman–Crippen MR) is 98.1 cm³/mol. The molecule has 1 aromatic carbocycles. The lowest BCUT2D eigenvalue weighted by molar-refractivity contribution is -0.136. The number of carbonyl (C=O) groups excluding carboxylic acids is 4. The molecule has 2 aromatic rings. The minimum atomic E-state index is -0.969. The number of hydrogen-bond acceptors (Lipinski definition) is 7. The number of fused-ring (bicyclic) bond motifs is 1. The van der Waals surface area contributed by atoms with Crippen LogP contribution >= 0.6 is 0 Å². The molecule has 0 aliphatic carbocycles. The average Bonchev–Trinajstić information content (AvgIpc) is 3.10. The first-order valence-corrected chi connectivity index (χ1v) is 8.73. The Morgan fingerprint density at radius 1 is 1.18 bits per heavy atom. The van der Waals surface area contributed by atoms with Crippen LogP contribution in [0, 0.1) is 0 Å². The van der Waals surface area contributed by atoms with E-state index in [4.69, 9.17) is 5.73 Å². The van der Waals surface area contributed by atoms with E-state index in [0.29, 0.717) is 18.2 Å². The Balaban J connectivity index is 1.53. The average molecular weight is 382 g/mol. The molecule has 0 saturated carbocycles. The predicted octanol–water partition coefficient (Wildman–Crippen LogP) is 0.0156. The molecular formula is C18H18N6O4. The monoisotopic (exact) mass is 382 g/mol. The summed E-state index contributed by atoms with van der Waals surface area (Å²) in [5.74, 6) is -0.975. The van der Waals surface area contributed by atoms with Crippen LogP contribution in [0.15, 0.2) is 24.3 Å². The van der Waals surface area contributed by atoms with E-state index in [2.05, 4.69) is 15.7 Å². The minimum Gasteiger partial charge on any atom is -0.384 e. The molecule has 10 heteroatoms. The third-order valence-corrected chi connectivity index (χ3v) is 4.89. The summed E-state index contributed by atoms with van der Waals surface area (Å²) >= 11 is 0. The van der Waals surface area contributed by atoms with Gasteiger partial charge in [-0.2, -0.15) is 5.10 Å². The van der Waals surface area contributed by atoms with Crippen LogP contribution in [0.5, 0.6) is 0 Å². The number of amides is 4. The molecule has 2 aliphatic heterocycles. The number of benzene rings is 1. The number of imide groups is 2. The largest absolute Gasteiger partial charge is 0.384 e. The van der Waals surface area contributed by atoms with E-state index in [0.717, 1.165) is 10.5 Å². The summed E-state index contributed by atoms with van der Waals surface area (Å²) in [6, 6.07) is 5.65. The Morgan fingerprint density at radius 2 is 1.93 bits per heavy atom. The molecule has 28 heavy (non-hydrogen) atoms. The van der Waals surface area contributed by atoms with Gasteiger partial charge in [-0.1, -0.05) is 6.07 Å². The molecule has 4 amide bonds. The van der Waals surface area contributed by atoms with Crippen molar-refractivity contribution in [1.29, 1.82) is 0 Å². The topological polar surface area (TPSA) is 139 Å². The summed E-state index contributed by atoms with van der Waals surface area (Å²) in [5.41, 5.74) is 7.01. The zero-order chi connectivity index (χ0) is 20.0. The maximum atomic E-state index is 12.8. The summed E-state index contributed by atoms with van der Waals surface area (Å²) in [7, 11) is 1.73. The maximum Gasteiger partial charge on any atom is 0.262 e. The molecule has 4 N–H and O–H groups in total. The van der Waals surface area contributed by atoms with Crippen LogP contribution in [-0.2, 0) is 23.2 Å². The van der Waals surface area contributed by atoms with Gasteiger partial charge in [-0.25, -0.2) is 0 Å². The van der Waals surface area contributed by atoms with Crippen molar-refractivity contribution in [3.63, 3.8) is 0 Å². The molecule has 0 radical (unpaired) electrons. The maximum absolute atomic E-state index is 12.8. The summed E-state index contributed by atoms with van der Waals surface area (Å²) in [4.78, 5) is 49.8. The first-order chi connectivity index (χ1) is 13.3. The number of nitrogens with zero attached hydrogens (tertiary/aromatic N) is 3. The van der Waals surface area contributed by atoms with E-state index in [1.54, 1.807) is 31.3 Å². The molecule has 10 nitrogen and oxygen atoms in total. The molecule has 2 aliphatic rings. The van der Waals surface area contributed by atoms with E-state index in [1.165, 1.54) is 4.68 Å². The molecule has 0 spiro atoms. The molecule has 0 bridgehead atoms. The van der Waals surface area contributed by atoms with Crippen LogP contribution in [-0.4, -0.2) is 44.4 Å². The van der Waals surface area contributed by atoms with Crippen LogP contribution in [0.4, 0.5) is 11.6 Å². The Kier molecular flexibility index (Phi) is 4.10. The first kappa shape index (κ1) is 17.7. The van der Waals surface area contributed by atoms with Crippen LogP contribution in [0.1, 0.15) is 39.1 Å². The van der Waals surface area contributed by atoms with Gasteiger partial charge in [0.25, 0.3) is 11.8 Å². The summed E-state index contributed by atoms with van der Waals surface area (Å²) in [6.45, 7) is 0.379. The van der Waals surface area contributed by atoms with Crippen molar-refractivity contribution in [2.75, 3.05) is 11.1 Å². The number of anilines is 2. The second kappa shape index (κ2) is 6.48. The Bertz CT molecular complexity index is 1010. The van der Waals surface area contributed by atoms with Crippen LogP contribution in [0.2, 0.25) is 0 Å². The Hall–Kier alpha value is -3.69. The smallest absolute Gasteiger partial charge is 0.262 e. The number of piperidine rings is 1. The van der Waals surface area contributed by atoms with Crippen LogP contribution < -0.4 is 16.4 Å². The van der Waals surface area contributed by atoms with Crippen molar-refractivity contribution in [2.45, 2.75) is 25.4 Å². The molecule has 1 aromatic heterocycles. The van der Waals surface area contributed by atoms with Gasteiger partial charge in [-0.15, -0.1) is 0 Å². The van der Waals surface area contributed by atoms with E-state index in [9.17, 15) is 19.2 Å². The summed E-state index contributed by atoms with van der Waals surface area (Å²) in [6.07, 6.45) is 0.220. The lowest BCUT2D eigenvalue weighted by Gasteiger charge is -2.27. The SMILES string of the molecule is Cn1nc(NCc2ccc3c(c2)C(=O)N(C2CCC(=O)NC2=O)C3=O)cc1N. The van der Waals surface area contributed by atoms with Gasteiger partial charge in [0.2, 0.25) is 11.8 Å².